The van der Waals surface area contributed by atoms with Crippen LogP contribution >= 0.6 is 12.4 Å². The number of anilines is 3. The third-order valence-electron chi connectivity index (χ3n) is 4.97. The first-order valence-electron chi connectivity index (χ1n) is 10.9. The van der Waals surface area contributed by atoms with Crippen molar-refractivity contribution in [2.45, 2.75) is 6.54 Å². The fourth-order valence-electron chi connectivity index (χ4n) is 3.19. The van der Waals surface area contributed by atoms with Crippen LogP contribution in [0.2, 0.25) is 0 Å². The van der Waals surface area contributed by atoms with Gasteiger partial charge < -0.3 is 19.4 Å². The number of nitro groups is 1. The molecule has 12 nitrogen and oxygen atoms in total. The molecule has 0 aliphatic heterocycles. The van der Waals surface area contributed by atoms with Crippen molar-refractivity contribution < 1.29 is 14.1 Å². The number of nitrogens with one attached hydrogen (secondary N) is 2. The van der Waals surface area contributed by atoms with E-state index in [4.69, 9.17) is 9.15 Å². The van der Waals surface area contributed by atoms with Crippen LogP contribution in [0.1, 0.15) is 11.3 Å². The van der Waals surface area contributed by atoms with Crippen LogP contribution in [-0.2, 0) is 6.54 Å². The largest absolute Gasteiger partial charge is 0.497 e. The molecule has 4 aromatic rings. The molecule has 2 aromatic heterocycles. The molecule has 0 atom stereocenters. The van der Waals surface area contributed by atoms with Gasteiger partial charge in [-0.2, -0.15) is 20.1 Å². The summed E-state index contributed by atoms with van der Waals surface area (Å²) >= 11 is 0. The normalized spacial score (nSPS) is 10.6. The molecule has 2 aromatic carbocycles. The monoisotopic (exact) mass is 524 g/mol. The summed E-state index contributed by atoms with van der Waals surface area (Å²) in [6.45, 7) is 0.549. The van der Waals surface area contributed by atoms with Gasteiger partial charge in [-0.05, 0) is 29.8 Å². The fourth-order valence-corrected chi connectivity index (χ4v) is 3.19. The molecule has 0 aliphatic carbocycles. The van der Waals surface area contributed by atoms with E-state index < -0.39 is 4.92 Å². The van der Waals surface area contributed by atoms with Gasteiger partial charge in [-0.3, -0.25) is 10.1 Å². The molecule has 0 aliphatic rings. The van der Waals surface area contributed by atoms with Gasteiger partial charge in [0, 0.05) is 20.6 Å². The number of hydrogen-bond acceptors (Lipinski definition) is 11. The number of nitrogens with zero attached hydrogens (tertiary/aromatic N) is 6. The highest BCUT2D eigenvalue weighted by Crippen LogP contribution is 2.33. The first kappa shape index (κ1) is 26.9. The summed E-state index contributed by atoms with van der Waals surface area (Å²) in [5.74, 6) is 2.17. The summed E-state index contributed by atoms with van der Waals surface area (Å²) in [5, 5.41) is 18.8. The van der Waals surface area contributed by atoms with Crippen LogP contribution in [0.4, 0.5) is 23.5 Å². The van der Waals surface area contributed by atoms with Gasteiger partial charge in [0.1, 0.15) is 17.3 Å². The molecule has 0 saturated heterocycles. The number of nitro benzene ring substituents is 1. The minimum Gasteiger partial charge on any atom is -0.497 e. The summed E-state index contributed by atoms with van der Waals surface area (Å²) in [6, 6.07) is 17.7. The number of aromatic nitrogens is 3. The average molecular weight is 525 g/mol. The zero-order valence-corrected chi connectivity index (χ0v) is 21.1. The zero-order chi connectivity index (χ0) is 25.5. The number of hydrazone groups is 1. The third kappa shape index (κ3) is 6.92. The van der Waals surface area contributed by atoms with Gasteiger partial charge in [-0.15, -0.1) is 12.4 Å². The topological polar surface area (TPSA) is 144 Å². The number of benzene rings is 2. The van der Waals surface area contributed by atoms with Crippen LogP contribution in [0.5, 0.6) is 5.75 Å². The number of halogens is 1. The van der Waals surface area contributed by atoms with Crippen molar-refractivity contribution in [3.8, 4) is 17.1 Å². The summed E-state index contributed by atoms with van der Waals surface area (Å²) < 4.78 is 10.8. The van der Waals surface area contributed by atoms with Crippen molar-refractivity contribution in [2.24, 2.45) is 5.10 Å². The van der Waals surface area contributed by atoms with E-state index in [1.807, 2.05) is 44.4 Å². The summed E-state index contributed by atoms with van der Waals surface area (Å²) in [4.78, 5) is 25.8. The molecule has 0 saturated carbocycles. The van der Waals surface area contributed by atoms with E-state index in [9.17, 15) is 10.1 Å². The summed E-state index contributed by atoms with van der Waals surface area (Å²) in [7, 11) is 5.10. The molecule has 0 amide bonds. The van der Waals surface area contributed by atoms with Crippen LogP contribution < -0.4 is 20.4 Å². The standard InChI is InChI=1S/C24H24N8O4.ClH/c1-31(2)24-28-22(25-14-16-7-5-4-6-8-16)27-23(29-24)30-26-15-18-10-12-21(36-18)19-11-9-17(35-3)13-20(19)32(33)34;/h4-13,15H,14H2,1-3H3,(H2,25,27,28,29,30);1H/b26-15+;. The van der Waals surface area contributed by atoms with Crippen molar-refractivity contribution in [1.82, 2.24) is 15.0 Å². The molecule has 0 radical (unpaired) electrons. The Balaban J connectivity index is 0.00000380. The van der Waals surface area contributed by atoms with E-state index >= 15 is 0 Å². The minimum absolute atomic E-state index is 0. The minimum atomic E-state index is -0.484. The molecule has 2 heterocycles. The molecule has 4 rings (SSSR count). The van der Waals surface area contributed by atoms with Crippen LogP contribution in [0.3, 0.4) is 0 Å². The Bertz CT molecular complexity index is 1380. The van der Waals surface area contributed by atoms with E-state index in [0.29, 0.717) is 41.3 Å². The van der Waals surface area contributed by atoms with Crippen molar-refractivity contribution >= 4 is 42.2 Å². The number of rotatable bonds is 10. The Morgan fingerprint density at radius 2 is 1.84 bits per heavy atom. The number of ether oxygens (including phenoxy) is 1. The third-order valence-corrected chi connectivity index (χ3v) is 4.97. The SMILES string of the molecule is COc1ccc(-c2ccc(/C=N/Nc3nc(NCc4ccccc4)nc(N(C)C)n3)o2)c([N+](=O)[O-])c1.Cl. The van der Waals surface area contributed by atoms with Crippen molar-refractivity contribution in [2.75, 3.05) is 36.8 Å². The maximum absolute atomic E-state index is 11.5. The Morgan fingerprint density at radius 1 is 1.08 bits per heavy atom. The molecule has 0 fully saturated rings. The van der Waals surface area contributed by atoms with E-state index in [1.165, 1.54) is 19.4 Å². The van der Waals surface area contributed by atoms with Gasteiger partial charge >= 0.3 is 0 Å². The molecule has 2 N–H and O–H groups in total. The van der Waals surface area contributed by atoms with Gasteiger partial charge in [0.05, 0.1) is 29.9 Å². The van der Waals surface area contributed by atoms with Gasteiger partial charge in [0.15, 0.2) is 0 Å². The van der Waals surface area contributed by atoms with Crippen molar-refractivity contribution in [3.05, 3.63) is 82.1 Å². The van der Waals surface area contributed by atoms with Gasteiger partial charge in [-0.25, -0.2) is 5.43 Å². The summed E-state index contributed by atoms with van der Waals surface area (Å²) in [5.41, 5.74) is 4.07. The fraction of sp³-hybridized carbons (Fsp3) is 0.167. The Hall–Kier alpha value is -4.71. The molecule has 0 spiro atoms. The lowest BCUT2D eigenvalue weighted by molar-refractivity contribution is -0.384. The Morgan fingerprint density at radius 3 is 2.54 bits per heavy atom. The Labute approximate surface area is 219 Å². The molecular weight excluding hydrogens is 500 g/mol. The van der Waals surface area contributed by atoms with Crippen LogP contribution in [0, 0.1) is 10.1 Å². The lowest BCUT2D eigenvalue weighted by Crippen LogP contribution is -2.16. The second kappa shape index (κ2) is 12.3. The van der Waals surface area contributed by atoms with E-state index in [2.05, 4.69) is 30.8 Å². The Kier molecular flexibility index (Phi) is 8.95. The van der Waals surface area contributed by atoms with Gasteiger partial charge in [-0.1, -0.05) is 30.3 Å². The molecule has 37 heavy (non-hydrogen) atoms. The van der Waals surface area contributed by atoms with Gasteiger partial charge in [0.25, 0.3) is 5.69 Å². The second-order valence-corrected chi connectivity index (χ2v) is 7.73. The highest BCUT2D eigenvalue weighted by Gasteiger charge is 2.19. The van der Waals surface area contributed by atoms with E-state index in [1.54, 1.807) is 29.2 Å². The second-order valence-electron chi connectivity index (χ2n) is 7.73. The van der Waals surface area contributed by atoms with Crippen LogP contribution in [-0.4, -0.2) is 47.3 Å². The maximum atomic E-state index is 11.5. The zero-order valence-electron chi connectivity index (χ0n) is 20.3. The molecule has 0 bridgehead atoms. The number of methoxy groups -OCH3 is 1. The smallest absolute Gasteiger partial charge is 0.284 e. The molecule has 0 unspecified atom stereocenters. The lowest BCUT2D eigenvalue weighted by Gasteiger charge is -2.13. The molecule has 13 heteroatoms. The average Bonchev–Trinajstić information content (AvgIpc) is 3.36. The van der Waals surface area contributed by atoms with Crippen LogP contribution in [0.25, 0.3) is 11.3 Å². The predicted molar refractivity (Wildman–Crippen MR) is 144 cm³/mol. The molecular formula is C24H25ClN8O4. The van der Waals surface area contributed by atoms with Gasteiger partial charge in [0.2, 0.25) is 17.8 Å². The van der Waals surface area contributed by atoms with Crippen molar-refractivity contribution in [3.63, 3.8) is 0 Å². The van der Waals surface area contributed by atoms with Crippen molar-refractivity contribution in [1.29, 1.82) is 0 Å². The number of hydrogen-bond donors (Lipinski definition) is 2. The highest BCUT2D eigenvalue weighted by atomic mass is 35.5. The van der Waals surface area contributed by atoms with Crippen LogP contribution in [0.15, 0.2) is 70.2 Å². The first-order valence-corrected chi connectivity index (χ1v) is 10.9. The molecule has 192 valence electrons. The lowest BCUT2D eigenvalue weighted by atomic mass is 10.1. The first-order chi connectivity index (χ1) is 17.4. The quantitative estimate of drug-likeness (QED) is 0.171. The summed E-state index contributed by atoms with van der Waals surface area (Å²) in [6.07, 6.45) is 1.43. The van der Waals surface area contributed by atoms with E-state index in [-0.39, 0.29) is 24.0 Å². The number of furan rings is 1. The maximum Gasteiger partial charge on any atom is 0.284 e. The highest BCUT2D eigenvalue weighted by molar-refractivity contribution is 5.85. The van der Waals surface area contributed by atoms with E-state index in [0.717, 1.165) is 5.56 Å². The predicted octanol–water partition coefficient (Wildman–Crippen LogP) is 4.59.